The Morgan fingerprint density at radius 2 is 1.73 bits per heavy atom. The highest BCUT2D eigenvalue weighted by Crippen LogP contribution is 2.34. The highest BCUT2D eigenvalue weighted by Gasteiger charge is 2.25. The van der Waals surface area contributed by atoms with Crippen molar-refractivity contribution in [2.75, 3.05) is 0 Å². The first-order chi connectivity index (χ1) is 7.27. The first-order valence-corrected chi connectivity index (χ1v) is 6.96. The second-order valence-corrected chi connectivity index (χ2v) is 5.28. The lowest BCUT2D eigenvalue weighted by Crippen LogP contribution is -2.25. The first-order valence-electron chi connectivity index (χ1n) is 6.96. The Morgan fingerprint density at radius 3 is 2.27 bits per heavy atom. The van der Waals surface area contributed by atoms with E-state index in [0.717, 1.165) is 12.3 Å². The third-order valence-electron chi connectivity index (χ3n) is 3.99. The summed E-state index contributed by atoms with van der Waals surface area (Å²) in [6.07, 6.45) is 11.4. The molecular formula is C14H28O. The molecule has 0 bridgehead atoms. The minimum absolute atomic E-state index is 0.00692. The van der Waals surface area contributed by atoms with Gasteiger partial charge in [-0.25, -0.2) is 0 Å². The van der Waals surface area contributed by atoms with Crippen LogP contribution in [0.1, 0.15) is 71.6 Å². The zero-order valence-electron chi connectivity index (χ0n) is 10.5. The lowest BCUT2D eigenvalue weighted by Gasteiger charge is -2.31. The molecule has 0 aromatic rings. The monoisotopic (exact) mass is 212 g/mol. The Hall–Kier alpha value is -0.0400. The predicted octanol–water partition coefficient (Wildman–Crippen LogP) is 4.14. The summed E-state index contributed by atoms with van der Waals surface area (Å²) in [6, 6.07) is 0. The van der Waals surface area contributed by atoms with E-state index in [1.54, 1.807) is 0 Å². The molecule has 0 saturated heterocycles. The lowest BCUT2D eigenvalue weighted by molar-refractivity contribution is 0.0640. The van der Waals surface area contributed by atoms with E-state index in [4.69, 9.17) is 0 Å². The Bertz CT molecular complexity index is 147. The maximum atomic E-state index is 10.0. The van der Waals surface area contributed by atoms with Crippen LogP contribution in [0.2, 0.25) is 0 Å². The predicted molar refractivity (Wildman–Crippen MR) is 65.9 cm³/mol. The van der Waals surface area contributed by atoms with Crippen molar-refractivity contribution in [2.24, 2.45) is 11.8 Å². The van der Waals surface area contributed by atoms with Gasteiger partial charge in [0.2, 0.25) is 0 Å². The molecule has 0 heterocycles. The van der Waals surface area contributed by atoms with Gasteiger partial charge < -0.3 is 5.11 Å². The Labute approximate surface area is 95.3 Å². The quantitative estimate of drug-likeness (QED) is 0.701. The van der Waals surface area contributed by atoms with Gasteiger partial charge in [0.1, 0.15) is 0 Å². The third kappa shape index (κ3) is 4.55. The average Bonchev–Trinajstić information content (AvgIpc) is 2.27. The smallest absolute Gasteiger partial charge is 0.0568 e. The Kier molecular flexibility index (Phi) is 6.31. The van der Waals surface area contributed by atoms with Gasteiger partial charge in [-0.2, -0.15) is 0 Å². The van der Waals surface area contributed by atoms with E-state index in [0.29, 0.717) is 5.92 Å². The normalized spacial score (nSPS) is 29.0. The number of aliphatic hydroxyl groups excluding tert-OH is 1. The van der Waals surface area contributed by atoms with Crippen LogP contribution in [0.4, 0.5) is 0 Å². The molecule has 0 spiro atoms. The van der Waals surface area contributed by atoms with Crippen molar-refractivity contribution < 1.29 is 5.11 Å². The fraction of sp³-hybridized carbons (Fsp3) is 1.00. The summed E-state index contributed by atoms with van der Waals surface area (Å²) in [4.78, 5) is 0. The molecule has 1 rings (SSSR count). The molecule has 0 amide bonds. The van der Waals surface area contributed by atoms with Crippen LogP contribution in [0.5, 0.6) is 0 Å². The van der Waals surface area contributed by atoms with Gasteiger partial charge in [0.25, 0.3) is 0 Å². The summed E-state index contributed by atoms with van der Waals surface area (Å²) in [5.41, 5.74) is 0. The fourth-order valence-corrected chi connectivity index (χ4v) is 2.92. The molecule has 0 aromatic heterocycles. The molecule has 0 aromatic carbocycles. The van der Waals surface area contributed by atoms with Crippen molar-refractivity contribution in [2.45, 2.75) is 77.7 Å². The molecule has 1 unspecified atom stereocenters. The van der Waals surface area contributed by atoms with Crippen molar-refractivity contribution in [3.8, 4) is 0 Å². The van der Waals surface area contributed by atoms with Crippen LogP contribution < -0.4 is 0 Å². The van der Waals surface area contributed by atoms with Crippen LogP contribution >= 0.6 is 0 Å². The van der Waals surface area contributed by atoms with E-state index in [1.807, 2.05) is 0 Å². The summed E-state index contributed by atoms with van der Waals surface area (Å²) in [5.74, 6) is 1.58. The highest BCUT2D eigenvalue weighted by molar-refractivity contribution is 4.77. The second-order valence-electron chi connectivity index (χ2n) is 5.28. The van der Waals surface area contributed by atoms with Crippen LogP contribution in [-0.2, 0) is 0 Å². The molecule has 15 heavy (non-hydrogen) atoms. The van der Waals surface area contributed by atoms with Gasteiger partial charge in [0.15, 0.2) is 0 Å². The maximum absolute atomic E-state index is 10.0. The largest absolute Gasteiger partial charge is 0.393 e. The van der Waals surface area contributed by atoms with Gasteiger partial charge in [-0.1, -0.05) is 52.4 Å². The molecule has 1 saturated carbocycles. The summed E-state index contributed by atoms with van der Waals surface area (Å²) < 4.78 is 0. The summed E-state index contributed by atoms with van der Waals surface area (Å²) in [7, 11) is 0. The molecule has 1 aliphatic rings. The number of aliphatic hydroxyl groups is 1. The van der Waals surface area contributed by atoms with E-state index >= 15 is 0 Å². The summed E-state index contributed by atoms with van der Waals surface area (Å²) in [6.45, 7) is 4.48. The molecule has 90 valence electrons. The third-order valence-corrected chi connectivity index (χ3v) is 3.99. The molecule has 0 aliphatic heterocycles. The fourth-order valence-electron chi connectivity index (χ4n) is 2.92. The lowest BCUT2D eigenvalue weighted by atomic mass is 9.77. The average molecular weight is 212 g/mol. The van der Waals surface area contributed by atoms with Crippen molar-refractivity contribution in [1.29, 1.82) is 0 Å². The van der Waals surface area contributed by atoms with E-state index < -0.39 is 0 Å². The van der Waals surface area contributed by atoms with Crippen molar-refractivity contribution in [3.63, 3.8) is 0 Å². The van der Waals surface area contributed by atoms with Gasteiger partial charge >= 0.3 is 0 Å². The highest BCUT2D eigenvalue weighted by atomic mass is 16.3. The van der Waals surface area contributed by atoms with Crippen molar-refractivity contribution in [3.05, 3.63) is 0 Å². The SMILES string of the molecule is CCCCC(O)C1CCC(CCC)CC1. The Balaban J connectivity index is 2.18. The minimum Gasteiger partial charge on any atom is -0.393 e. The van der Waals surface area contributed by atoms with Crippen LogP contribution in [-0.4, -0.2) is 11.2 Å². The van der Waals surface area contributed by atoms with Gasteiger partial charge in [0, 0.05) is 0 Å². The molecule has 1 fully saturated rings. The van der Waals surface area contributed by atoms with Gasteiger partial charge in [0.05, 0.1) is 6.10 Å². The molecule has 1 atom stereocenters. The molecule has 1 N–H and O–H groups in total. The number of hydrogen-bond acceptors (Lipinski definition) is 1. The molecule has 1 nitrogen and oxygen atoms in total. The molecule has 1 heteroatoms. The van der Waals surface area contributed by atoms with Crippen LogP contribution in [0.25, 0.3) is 0 Å². The van der Waals surface area contributed by atoms with Crippen LogP contribution in [0.3, 0.4) is 0 Å². The number of rotatable bonds is 6. The summed E-state index contributed by atoms with van der Waals surface area (Å²) in [5, 5.41) is 10.0. The number of unbranched alkanes of at least 4 members (excludes halogenated alkanes) is 1. The zero-order valence-corrected chi connectivity index (χ0v) is 10.5. The van der Waals surface area contributed by atoms with E-state index in [-0.39, 0.29) is 6.10 Å². The summed E-state index contributed by atoms with van der Waals surface area (Å²) >= 11 is 0. The minimum atomic E-state index is -0.00692. The molecular weight excluding hydrogens is 184 g/mol. The first kappa shape index (κ1) is 13.0. The topological polar surface area (TPSA) is 20.2 Å². The second kappa shape index (κ2) is 7.27. The molecule has 1 aliphatic carbocycles. The maximum Gasteiger partial charge on any atom is 0.0568 e. The van der Waals surface area contributed by atoms with Gasteiger partial charge in [-0.3, -0.25) is 0 Å². The standard InChI is InChI=1S/C14H28O/c1-3-5-7-14(15)13-10-8-12(6-4-2)9-11-13/h12-15H,3-11H2,1-2H3. The van der Waals surface area contributed by atoms with Crippen LogP contribution in [0.15, 0.2) is 0 Å². The Morgan fingerprint density at radius 1 is 1.07 bits per heavy atom. The van der Waals surface area contributed by atoms with Gasteiger partial charge in [-0.05, 0) is 31.1 Å². The van der Waals surface area contributed by atoms with Crippen molar-refractivity contribution >= 4 is 0 Å². The zero-order chi connectivity index (χ0) is 11.1. The van der Waals surface area contributed by atoms with Crippen molar-refractivity contribution in [1.82, 2.24) is 0 Å². The van der Waals surface area contributed by atoms with E-state index in [1.165, 1.54) is 51.4 Å². The van der Waals surface area contributed by atoms with E-state index in [9.17, 15) is 5.11 Å². The van der Waals surface area contributed by atoms with Gasteiger partial charge in [-0.15, -0.1) is 0 Å². The van der Waals surface area contributed by atoms with Crippen LogP contribution in [0, 0.1) is 11.8 Å². The number of hydrogen-bond donors (Lipinski definition) is 1. The van der Waals surface area contributed by atoms with E-state index in [2.05, 4.69) is 13.8 Å². The molecule has 0 radical (unpaired) electrons.